The number of benzene rings is 1. The summed E-state index contributed by atoms with van der Waals surface area (Å²) in [5.74, 6) is -0.777. The first-order chi connectivity index (χ1) is 9.88. The van der Waals surface area contributed by atoms with Gasteiger partial charge in [0.15, 0.2) is 5.82 Å². The predicted octanol–water partition coefficient (Wildman–Crippen LogP) is 3.06. The summed E-state index contributed by atoms with van der Waals surface area (Å²) in [6.07, 6.45) is -0.513. The Morgan fingerprint density at radius 3 is 2.52 bits per heavy atom. The molecule has 2 rings (SSSR count). The topological polar surface area (TPSA) is 59.2 Å². The van der Waals surface area contributed by atoms with Crippen LogP contribution in [0.4, 0.5) is 8.78 Å². The van der Waals surface area contributed by atoms with E-state index in [-0.39, 0.29) is 18.3 Å². The normalized spacial score (nSPS) is 14.4. The largest absolute Gasteiger partial charge is 0.393 e. The maximum atomic E-state index is 13.6. The fourth-order valence-corrected chi connectivity index (χ4v) is 2.36. The van der Waals surface area contributed by atoms with Gasteiger partial charge < -0.3 is 9.63 Å². The highest BCUT2D eigenvalue weighted by Crippen LogP contribution is 2.27. The summed E-state index contributed by atoms with van der Waals surface area (Å²) < 4.78 is 31.6. The Labute approximate surface area is 121 Å². The van der Waals surface area contributed by atoms with Crippen molar-refractivity contribution in [2.24, 2.45) is 5.92 Å². The smallest absolute Gasteiger partial charge is 0.232 e. The first kappa shape index (κ1) is 15.6. The Hall–Kier alpha value is -1.82. The van der Waals surface area contributed by atoms with Crippen LogP contribution in [-0.4, -0.2) is 21.4 Å². The molecule has 0 spiro atoms. The number of halogens is 2. The van der Waals surface area contributed by atoms with E-state index in [1.54, 1.807) is 6.92 Å². The molecule has 0 bridgehead atoms. The van der Waals surface area contributed by atoms with Crippen molar-refractivity contribution in [3.8, 4) is 0 Å². The van der Waals surface area contributed by atoms with E-state index >= 15 is 0 Å². The lowest BCUT2D eigenvalue weighted by molar-refractivity contribution is 0.120. The molecule has 0 aliphatic heterocycles. The molecule has 2 unspecified atom stereocenters. The third-order valence-electron chi connectivity index (χ3n) is 3.37. The van der Waals surface area contributed by atoms with Crippen LogP contribution in [-0.2, 0) is 6.42 Å². The second-order valence-electron chi connectivity index (χ2n) is 5.47. The van der Waals surface area contributed by atoms with Crippen molar-refractivity contribution in [1.29, 1.82) is 0 Å². The van der Waals surface area contributed by atoms with Crippen molar-refractivity contribution in [3.05, 3.63) is 47.1 Å². The summed E-state index contributed by atoms with van der Waals surface area (Å²) in [6.45, 7) is 5.55. The molecule has 21 heavy (non-hydrogen) atoms. The van der Waals surface area contributed by atoms with Gasteiger partial charge in [-0.25, -0.2) is 8.78 Å². The van der Waals surface area contributed by atoms with Crippen molar-refractivity contribution in [2.45, 2.75) is 39.2 Å². The van der Waals surface area contributed by atoms with E-state index in [9.17, 15) is 13.9 Å². The fourth-order valence-electron chi connectivity index (χ4n) is 2.36. The molecule has 0 aliphatic rings. The highest BCUT2D eigenvalue weighted by Gasteiger charge is 2.27. The fraction of sp³-hybridized carbons (Fsp3) is 0.467. The molecule has 4 nitrogen and oxygen atoms in total. The van der Waals surface area contributed by atoms with Crippen LogP contribution in [0.3, 0.4) is 0 Å². The average molecular weight is 296 g/mol. The highest BCUT2D eigenvalue weighted by atomic mass is 19.1. The predicted molar refractivity (Wildman–Crippen MR) is 72.7 cm³/mol. The molecule has 1 N–H and O–H groups in total. The van der Waals surface area contributed by atoms with Crippen LogP contribution in [0.2, 0.25) is 0 Å². The molecule has 2 atom stereocenters. The molecule has 1 heterocycles. The zero-order chi connectivity index (χ0) is 15.6. The Morgan fingerprint density at radius 1 is 1.24 bits per heavy atom. The molecule has 1 aromatic carbocycles. The van der Waals surface area contributed by atoms with Gasteiger partial charge in [-0.1, -0.05) is 25.1 Å². The number of aliphatic hydroxyl groups is 1. The first-order valence-electron chi connectivity index (χ1n) is 6.83. The minimum absolute atomic E-state index is 0.111. The van der Waals surface area contributed by atoms with Crippen molar-refractivity contribution in [3.63, 3.8) is 0 Å². The quantitative estimate of drug-likeness (QED) is 0.921. The maximum Gasteiger partial charge on any atom is 0.232 e. The van der Waals surface area contributed by atoms with Gasteiger partial charge in [0.2, 0.25) is 5.89 Å². The standard InChI is InChI=1S/C15H18F2N2O2/c1-8(2)14(9(3)20)15-18-13(19-21-15)6-10-4-5-11(16)7-12(10)17/h4-5,7-9,14,20H,6H2,1-3H3. The van der Waals surface area contributed by atoms with E-state index in [1.807, 2.05) is 13.8 Å². The van der Waals surface area contributed by atoms with E-state index in [1.165, 1.54) is 12.1 Å². The van der Waals surface area contributed by atoms with Crippen LogP contribution in [0.1, 0.15) is 44.0 Å². The zero-order valence-corrected chi connectivity index (χ0v) is 12.2. The number of hydrogen-bond donors (Lipinski definition) is 1. The number of aliphatic hydroxyl groups excluding tert-OH is 1. The molecule has 0 fully saturated rings. The van der Waals surface area contributed by atoms with Gasteiger partial charge in [-0.3, -0.25) is 0 Å². The summed E-state index contributed by atoms with van der Waals surface area (Å²) >= 11 is 0. The van der Waals surface area contributed by atoms with Crippen LogP contribution in [0.15, 0.2) is 22.7 Å². The third kappa shape index (κ3) is 3.64. The SMILES string of the molecule is CC(C)C(c1nc(Cc2ccc(F)cc2F)no1)C(C)O. The Kier molecular flexibility index (Phi) is 4.67. The summed E-state index contributed by atoms with van der Waals surface area (Å²) in [5, 5.41) is 13.6. The molecule has 114 valence electrons. The molecule has 2 aromatic rings. The third-order valence-corrected chi connectivity index (χ3v) is 3.37. The minimum atomic E-state index is -0.641. The first-order valence-corrected chi connectivity index (χ1v) is 6.83. The van der Waals surface area contributed by atoms with Crippen LogP contribution in [0.25, 0.3) is 0 Å². The summed E-state index contributed by atoms with van der Waals surface area (Å²) in [6, 6.07) is 3.37. The van der Waals surface area contributed by atoms with Crippen LogP contribution < -0.4 is 0 Å². The molecule has 0 aliphatic carbocycles. The maximum absolute atomic E-state index is 13.6. The van der Waals surface area contributed by atoms with Gasteiger partial charge in [-0.2, -0.15) is 4.98 Å². The molecular weight excluding hydrogens is 278 g/mol. The number of rotatable bonds is 5. The molecule has 0 saturated heterocycles. The van der Waals surface area contributed by atoms with Gasteiger partial charge in [0.25, 0.3) is 0 Å². The van der Waals surface area contributed by atoms with Crippen molar-refractivity contribution in [1.82, 2.24) is 10.1 Å². The highest BCUT2D eigenvalue weighted by molar-refractivity contribution is 5.21. The second-order valence-corrected chi connectivity index (χ2v) is 5.47. The van der Waals surface area contributed by atoms with E-state index in [0.717, 1.165) is 6.07 Å². The summed E-state index contributed by atoms with van der Waals surface area (Å²) in [5.41, 5.74) is 0.293. The van der Waals surface area contributed by atoms with E-state index in [0.29, 0.717) is 17.3 Å². The van der Waals surface area contributed by atoms with Gasteiger partial charge in [-0.15, -0.1) is 0 Å². The van der Waals surface area contributed by atoms with E-state index < -0.39 is 17.7 Å². The summed E-state index contributed by atoms with van der Waals surface area (Å²) in [7, 11) is 0. The van der Waals surface area contributed by atoms with Gasteiger partial charge >= 0.3 is 0 Å². The van der Waals surface area contributed by atoms with E-state index in [4.69, 9.17) is 4.52 Å². The van der Waals surface area contributed by atoms with E-state index in [2.05, 4.69) is 10.1 Å². The van der Waals surface area contributed by atoms with Gasteiger partial charge in [-0.05, 0) is 24.5 Å². The summed E-state index contributed by atoms with van der Waals surface area (Å²) in [4.78, 5) is 4.21. The second kappa shape index (κ2) is 6.30. The van der Waals surface area contributed by atoms with Crippen LogP contribution in [0, 0.1) is 17.6 Å². The van der Waals surface area contributed by atoms with Crippen molar-refractivity contribution in [2.75, 3.05) is 0 Å². The molecular formula is C15H18F2N2O2. The molecule has 0 saturated carbocycles. The monoisotopic (exact) mass is 296 g/mol. The molecule has 1 aromatic heterocycles. The Bertz CT molecular complexity index is 603. The molecule has 6 heteroatoms. The Morgan fingerprint density at radius 2 is 1.95 bits per heavy atom. The van der Waals surface area contributed by atoms with Crippen molar-refractivity contribution < 1.29 is 18.4 Å². The average Bonchev–Trinajstić information content (AvgIpc) is 2.80. The number of hydrogen-bond acceptors (Lipinski definition) is 4. The molecule has 0 radical (unpaired) electrons. The Balaban J connectivity index is 2.20. The number of nitrogens with zero attached hydrogens (tertiary/aromatic N) is 2. The minimum Gasteiger partial charge on any atom is -0.393 e. The lowest BCUT2D eigenvalue weighted by Crippen LogP contribution is -2.20. The van der Waals surface area contributed by atoms with Gasteiger partial charge in [0.1, 0.15) is 11.6 Å². The zero-order valence-electron chi connectivity index (χ0n) is 12.2. The van der Waals surface area contributed by atoms with Crippen LogP contribution in [0.5, 0.6) is 0 Å². The lowest BCUT2D eigenvalue weighted by Gasteiger charge is -2.19. The number of aromatic nitrogens is 2. The molecule has 0 amide bonds. The van der Waals surface area contributed by atoms with Crippen molar-refractivity contribution >= 4 is 0 Å². The van der Waals surface area contributed by atoms with Gasteiger partial charge in [0.05, 0.1) is 12.0 Å². The van der Waals surface area contributed by atoms with Crippen LogP contribution >= 0.6 is 0 Å². The lowest BCUT2D eigenvalue weighted by atomic mass is 9.91. The van der Waals surface area contributed by atoms with Gasteiger partial charge in [0, 0.05) is 12.5 Å².